The lowest BCUT2D eigenvalue weighted by Gasteiger charge is -1.81. The predicted octanol–water partition coefficient (Wildman–Crippen LogP) is 1.58. The van der Waals surface area contributed by atoms with Crippen LogP contribution in [-0.2, 0) is 5.88 Å². The SMILES string of the molecule is O=C(O)c1csc(CCl)n1. The molecule has 1 aromatic rings. The normalized spacial score (nSPS) is 9.70. The van der Waals surface area contributed by atoms with Gasteiger partial charge in [-0.3, -0.25) is 0 Å². The number of aromatic nitrogens is 1. The van der Waals surface area contributed by atoms with E-state index in [4.69, 9.17) is 16.7 Å². The molecule has 0 radical (unpaired) electrons. The topological polar surface area (TPSA) is 50.2 Å². The highest BCUT2D eigenvalue weighted by atomic mass is 35.5. The summed E-state index contributed by atoms with van der Waals surface area (Å²) in [6, 6.07) is 0. The van der Waals surface area contributed by atoms with Gasteiger partial charge in [0, 0.05) is 5.38 Å². The number of aromatic carboxylic acids is 1. The van der Waals surface area contributed by atoms with Gasteiger partial charge in [-0.25, -0.2) is 9.78 Å². The highest BCUT2D eigenvalue weighted by Crippen LogP contribution is 2.11. The van der Waals surface area contributed by atoms with Gasteiger partial charge in [-0.15, -0.1) is 22.9 Å². The summed E-state index contributed by atoms with van der Waals surface area (Å²) in [5.74, 6) is -0.731. The Morgan fingerprint density at radius 1 is 1.90 bits per heavy atom. The van der Waals surface area contributed by atoms with Crippen LogP contribution in [0.15, 0.2) is 5.38 Å². The molecule has 0 bridgehead atoms. The number of carboxylic acids is 1. The summed E-state index contributed by atoms with van der Waals surface area (Å²) >= 11 is 6.65. The largest absolute Gasteiger partial charge is 0.476 e. The molecule has 0 aliphatic carbocycles. The van der Waals surface area contributed by atoms with Crippen LogP contribution < -0.4 is 0 Å². The second-order valence-corrected chi connectivity index (χ2v) is 2.78. The second-order valence-electron chi connectivity index (χ2n) is 1.57. The quantitative estimate of drug-likeness (QED) is 0.698. The van der Waals surface area contributed by atoms with Crippen LogP contribution >= 0.6 is 22.9 Å². The van der Waals surface area contributed by atoms with Crippen LogP contribution in [-0.4, -0.2) is 16.1 Å². The van der Waals surface area contributed by atoms with E-state index in [0.29, 0.717) is 5.01 Å². The summed E-state index contributed by atoms with van der Waals surface area (Å²) in [7, 11) is 0. The first kappa shape index (κ1) is 7.50. The number of rotatable bonds is 2. The van der Waals surface area contributed by atoms with Crippen LogP contribution in [0.2, 0.25) is 0 Å². The number of carbonyl (C=O) groups is 1. The third-order valence-corrected chi connectivity index (χ3v) is 2.15. The van der Waals surface area contributed by atoms with Crippen molar-refractivity contribution in [1.29, 1.82) is 0 Å². The lowest BCUT2D eigenvalue weighted by atomic mass is 10.5. The van der Waals surface area contributed by atoms with E-state index in [-0.39, 0.29) is 11.6 Å². The van der Waals surface area contributed by atoms with Crippen molar-refractivity contribution in [2.45, 2.75) is 5.88 Å². The number of hydrogen-bond acceptors (Lipinski definition) is 3. The summed E-state index contributed by atoms with van der Waals surface area (Å²) in [6.07, 6.45) is 0. The average Bonchev–Trinajstić information content (AvgIpc) is 2.34. The third kappa shape index (κ3) is 1.46. The molecule has 0 saturated carbocycles. The van der Waals surface area contributed by atoms with Gasteiger partial charge in [-0.2, -0.15) is 0 Å². The molecular weight excluding hydrogens is 174 g/mol. The van der Waals surface area contributed by atoms with Gasteiger partial charge in [-0.1, -0.05) is 0 Å². The van der Waals surface area contributed by atoms with Crippen molar-refractivity contribution in [2.24, 2.45) is 0 Å². The number of carboxylic acid groups (broad SMARTS) is 1. The van der Waals surface area contributed by atoms with E-state index in [1.165, 1.54) is 16.7 Å². The molecule has 0 spiro atoms. The molecule has 0 amide bonds. The van der Waals surface area contributed by atoms with Crippen LogP contribution in [0.25, 0.3) is 0 Å². The van der Waals surface area contributed by atoms with Crippen LogP contribution in [0, 0.1) is 0 Å². The summed E-state index contributed by atoms with van der Waals surface area (Å²) in [4.78, 5) is 13.9. The van der Waals surface area contributed by atoms with E-state index in [9.17, 15) is 4.79 Å². The van der Waals surface area contributed by atoms with Crippen molar-refractivity contribution in [3.63, 3.8) is 0 Å². The van der Waals surface area contributed by atoms with E-state index in [1.807, 2.05) is 0 Å². The predicted molar refractivity (Wildman–Crippen MR) is 38.6 cm³/mol. The smallest absolute Gasteiger partial charge is 0.355 e. The van der Waals surface area contributed by atoms with E-state index < -0.39 is 5.97 Å². The lowest BCUT2D eigenvalue weighted by Crippen LogP contribution is -1.95. The molecular formula is C5H4ClNO2S. The number of halogens is 1. The molecule has 0 aliphatic heterocycles. The molecule has 1 N–H and O–H groups in total. The van der Waals surface area contributed by atoms with Crippen molar-refractivity contribution in [2.75, 3.05) is 0 Å². The Morgan fingerprint density at radius 2 is 2.60 bits per heavy atom. The first-order valence-electron chi connectivity index (χ1n) is 2.47. The average molecular weight is 178 g/mol. The molecule has 0 fully saturated rings. The monoisotopic (exact) mass is 177 g/mol. The molecule has 0 aromatic carbocycles. The van der Waals surface area contributed by atoms with Crippen molar-refractivity contribution >= 4 is 28.9 Å². The molecule has 0 unspecified atom stereocenters. The Hall–Kier alpha value is -0.610. The molecule has 0 aliphatic rings. The first-order valence-corrected chi connectivity index (χ1v) is 3.89. The minimum Gasteiger partial charge on any atom is -0.476 e. The molecule has 1 heterocycles. The van der Waals surface area contributed by atoms with E-state index >= 15 is 0 Å². The van der Waals surface area contributed by atoms with Gasteiger partial charge in [0.25, 0.3) is 0 Å². The zero-order chi connectivity index (χ0) is 7.56. The molecule has 0 saturated heterocycles. The van der Waals surface area contributed by atoms with E-state index in [2.05, 4.69) is 4.98 Å². The van der Waals surface area contributed by atoms with Gasteiger partial charge >= 0.3 is 5.97 Å². The van der Waals surface area contributed by atoms with Crippen LogP contribution in [0.5, 0.6) is 0 Å². The molecule has 1 aromatic heterocycles. The Balaban J connectivity index is 2.88. The Labute approximate surface area is 66.3 Å². The first-order chi connectivity index (χ1) is 4.74. The fourth-order valence-corrected chi connectivity index (χ4v) is 1.33. The molecule has 54 valence electrons. The highest BCUT2D eigenvalue weighted by molar-refractivity contribution is 7.10. The van der Waals surface area contributed by atoms with Crippen LogP contribution in [0.3, 0.4) is 0 Å². The minimum absolute atomic E-state index is 0.0700. The van der Waals surface area contributed by atoms with Gasteiger partial charge in [0.2, 0.25) is 0 Å². The van der Waals surface area contributed by atoms with Gasteiger partial charge in [0.15, 0.2) is 5.69 Å². The Morgan fingerprint density at radius 3 is 2.90 bits per heavy atom. The standard InChI is InChI=1S/C5H4ClNO2S/c6-1-4-7-3(2-10-4)5(8)9/h2H,1H2,(H,8,9). The molecule has 5 heteroatoms. The van der Waals surface area contributed by atoms with Crippen molar-refractivity contribution in [1.82, 2.24) is 4.98 Å². The minimum atomic E-state index is -1.01. The van der Waals surface area contributed by atoms with E-state index in [0.717, 1.165) is 0 Å². The Bertz CT molecular complexity index is 248. The maximum Gasteiger partial charge on any atom is 0.355 e. The number of nitrogens with zero attached hydrogens (tertiary/aromatic N) is 1. The summed E-state index contributed by atoms with van der Waals surface area (Å²) in [5, 5.41) is 10.5. The number of thiazole rings is 1. The summed E-state index contributed by atoms with van der Waals surface area (Å²) in [6.45, 7) is 0. The zero-order valence-corrected chi connectivity index (χ0v) is 6.45. The van der Waals surface area contributed by atoms with Gasteiger partial charge < -0.3 is 5.11 Å². The highest BCUT2D eigenvalue weighted by Gasteiger charge is 2.06. The van der Waals surface area contributed by atoms with Gasteiger partial charge in [0.1, 0.15) is 5.01 Å². The van der Waals surface area contributed by atoms with Crippen LogP contribution in [0.1, 0.15) is 15.5 Å². The molecule has 1 rings (SSSR count). The maximum absolute atomic E-state index is 10.2. The van der Waals surface area contributed by atoms with Gasteiger partial charge in [-0.05, 0) is 0 Å². The third-order valence-electron chi connectivity index (χ3n) is 0.885. The fourth-order valence-electron chi connectivity index (χ4n) is 0.470. The van der Waals surface area contributed by atoms with Crippen LogP contribution in [0.4, 0.5) is 0 Å². The molecule has 3 nitrogen and oxygen atoms in total. The zero-order valence-electron chi connectivity index (χ0n) is 4.87. The number of alkyl halides is 1. The Kier molecular flexibility index (Phi) is 2.24. The summed E-state index contributed by atoms with van der Waals surface area (Å²) in [5.41, 5.74) is 0.0700. The van der Waals surface area contributed by atoms with Crippen molar-refractivity contribution < 1.29 is 9.90 Å². The maximum atomic E-state index is 10.2. The van der Waals surface area contributed by atoms with Crippen molar-refractivity contribution in [3.05, 3.63) is 16.1 Å². The second kappa shape index (κ2) is 2.98. The lowest BCUT2D eigenvalue weighted by molar-refractivity contribution is 0.0691. The fraction of sp³-hybridized carbons (Fsp3) is 0.200. The molecule has 10 heavy (non-hydrogen) atoms. The summed E-state index contributed by atoms with van der Waals surface area (Å²) < 4.78 is 0. The van der Waals surface area contributed by atoms with E-state index in [1.54, 1.807) is 0 Å². The molecule has 0 atom stereocenters. The number of hydrogen-bond donors (Lipinski definition) is 1. The van der Waals surface area contributed by atoms with Gasteiger partial charge in [0.05, 0.1) is 5.88 Å². The van der Waals surface area contributed by atoms with Crippen molar-refractivity contribution in [3.8, 4) is 0 Å².